The average Bonchev–Trinajstić information content (AvgIpc) is 3.04. The van der Waals surface area contributed by atoms with Crippen LogP contribution in [-0.4, -0.2) is 16.2 Å². The van der Waals surface area contributed by atoms with Crippen LogP contribution < -0.4 is 10.7 Å². The molecule has 0 aromatic carbocycles. The summed E-state index contributed by atoms with van der Waals surface area (Å²) in [5.74, 6) is 0.772. The van der Waals surface area contributed by atoms with Gasteiger partial charge in [0, 0.05) is 46.7 Å². The van der Waals surface area contributed by atoms with Gasteiger partial charge in [0.1, 0.15) is 0 Å². The van der Waals surface area contributed by atoms with Crippen LogP contribution >= 0.6 is 0 Å². The lowest BCUT2D eigenvalue weighted by atomic mass is 10.1. The summed E-state index contributed by atoms with van der Waals surface area (Å²) in [6.45, 7) is 0. The maximum Gasteiger partial charge on any atom is 0.159 e. The van der Waals surface area contributed by atoms with Gasteiger partial charge in [-0.15, -0.1) is 0 Å². The molecule has 0 saturated heterocycles. The third kappa shape index (κ3) is 1.26. The fraction of sp³-hybridized carbons (Fsp3) is 0. The number of nitrogens with zero attached hydrogens (tertiary/aromatic N) is 4. The first-order valence-electron chi connectivity index (χ1n) is 5.66. The minimum atomic E-state index is 0.772. The second-order valence-corrected chi connectivity index (χ2v) is 4.13. The summed E-state index contributed by atoms with van der Waals surface area (Å²) in [6, 6.07) is 6.03. The lowest BCUT2D eigenvalue weighted by molar-refractivity contribution is 1.14. The number of aliphatic imine (C=N–C) groups is 1. The van der Waals surface area contributed by atoms with E-state index >= 15 is 0 Å². The third-order valence-corrected chi connectivity index (χ3v) is 3.05. The van der Waals surface area contributed by atoms with Gasteiger partial charge in [-0.1, -0.05) is 0 Å². The maximum absolute atomic E-state index is 4.34. The minimum Gasteiger partial charge on any atom is -0.237 e. The van der Waals surface area contributed by atoms with Gasteiger partial charge in [-0.25, -0.2) is 20.0 Å². The van der Waals surface area contributed by atoms with E-state index in [2.05, 4.69) is 26.0 Å². The van der Waals surface area contributed by atoms with Crippen LogP contribution in [0.4, 0.5) is 5.82 Å². The van der Waals surface area contributed by atoms with Crippen LogP contribution in [0.1, 0.15) is 11.1 Å². The van der Waals surface area contributed by atoms with Crippen LogP contribution in [0.25, 0.3) is 11.6 Å². The molecule has 4 heteroatoms. The molecule has 0 atom stereocenters. The molecule has 2 aromatic heterocycles. The van der Waals surface area contributed by atoms with Gasteiger partial charge in [0.25, 0.3) is 0 Å². The number of pyridine rings is 2. The SMILES string of the molecule is C1=Cc2cc(=C3C=Nc4ncccc43)cnc2=N1. The molecular formula is C14H8N4. The van der Waals surface area contributed by atoms with E-state index in [9.17, 15) is 0 Å². The van der Waals surface area contributed by atoms with Gasteiger partial charge < -0.3 is 0 Å². The second-order valence-electron chi connectivity index (χ2n) is 4.13. The van der Waals surface area contributed by atoms with Crippen LogP contribution in [-0.2, 0) is 0 Å². The highest BCUT2D eigenvalue weighted by Gasteiger charge is 2.13. The van der Waals surface area contributed by atoms with Crippen LogP contribution in [0.15, 0.2) is 46.8 Å². The molecule has 4 rings (SSSR count). The van der Waals surface area contributed by atoms with Crippen molar-refractivity contribution >= 4 is 23.7 Å². The van der Waals surface area contributed by atoms with E-state index in [1.165, 1.54) is 0 Å². The van der Waals surface area contributed by atoms with Crippen LogP contribution in [0, 0.1) is 0 Å². The molecule has 2 aromatic rings. The van der Waals surface area contributed by atoms with E-state index in [0.717, 1.165) is 33.2 Å². The smallest absolute Gasteiger partial charge is 0.159 e. The molecule has 2 aliphatic rings. The molecule has 0 fully saturated rings. The predicted molar refractivity (Wildman–Crippen MR) is 69.0 cm³/mol. The first-order chi connectivity index (χ1) is 8.92. The van der Waals surface area contributed by atoms with Crippen molar-refractivity contribution in [3.63, 3.8) is 0 Å². The highest BCUT2D eigenvalue weighted by molar-refractivity contribution is 6.15. The highest BCUT2D eigenvalue weighted by atomic mass is 14.9. The van der Waals surface area contributed by atoms with Crippen molar-refractivity contribution < 1.29 is 0 Å². The number of hydrogen-bond acceptors (Lipinski definition) is 4. The topological polar surface area (TPSA) is 50.5 Å². The van der Waals surface area contributed by atoms with E-state index in [4.69, 9.17) is 0 Å². The van der Waals surface area contributed by atoms with Crippen LogP contribution in [0.5, 0.6) is 0 Å². The summed E-state index contributed by atoms with van der Waals surface area (Å²) in [7, 11) is 0. The Morgan fingerprint density at radius 1 is 1.11 bits per heavy atom. The van der Waals surface area contributed by atoms with Crippen LogP contribution in [0.3, 0.4) is 0 Å². The van der Waals surface area contributed by atoms with Gasteiger partial charge in [0.15, 0.2) is 11.3 Å². The Morgan fingerprint density at radius 2 is 2.11 bits per heavy atom. The molecule has 4 nitrogen and oxygen atoms in total. The van der Waals surface area contributed by atoms with Crippen molar-refractivity contribution in [3.8, 4) is 0 Å². The molecule has 0 aliphatic carbocycles. The Kier molecular flexibility index (Phi) is 1.80. The van der Waals surface area contributed by atoms with Gasteiger partial charge in [-0.2, -0.15) is 0 Å². The average molecular weight is 232 g/mol. The summed E-state index contributed by atoms with van der Waals surface area (Å²) in [5, 5.41) is 1.05. The first-order valence-corrected chi connectivity index (χ1v) is 5.66. The van der Waals surface area contributed by atoms with Crippen molar-refractivity contribution in [3.05, 3.63) is 58.6 Å². The van der Waals surface area contributed by atoms with Crippen molar-refractivity contribution in [2.24, 2.45) is 9.98 Å². The first kappa shape index (κ1) is 9.41. The molecule has 0 bridgehead atoms. The van der Waals surface area contributed by atoms with Gasteiger partial charge in [0.05, 0.1) is 0 Å². The zero-order chi connectivity index (χ0) is 11.9. The number of rotatable bonds is 0. The zero-order valence-electron chi connectivity index (χ0n) is 9.41. The quantitative estimate of drug-likeness (QED) is 0.680. The van der Waals surface area contributed by atoms with Gasteiger partial charge in [0.2, 0.25) is 0 Å². The van der Waals surface area contributed by atoms with E-state index in [1.54, 1.807) is 12.4 Å². The normalized spacial score (nSPS) is 17.6. The summed E-state index contributed by atoms with van der Waals surface area (Å²) in [5.41, 5.74) is 3.94. The summed E-state index contributed by atoms with van der Waals surface area (Å²) >= 11 is 0. The fourth-order valence-corrected chi connectivity index (χ4v) is 2.18. The summed E-state index contributed by atoms with van der Waals surface area (Å²) in [4.78, 5) is 17.1. The molecule has 0 saturated carbocycles. The maximum atomic E-state index is 4.34. The Labute approximate surface area is 103 Å². The molecule has 4 heterocycles. The summed E-state index contributed by atoms with van der Waals surface area (Å²) in [6.07, 6.45) is 9.16. The highest BCUT2D eigenvalue weighted by Crippen LogP contribution is 2.26. The molecular weight excluding hydrogens is 224 g/mol. The second kappa shape index (κ2) is 3.43. The molecule has 18 heavy (non-hydrogen) atoms. The molecule has 2 aliphatic heterocycles. The Bertz CT molecular complexity index is 831. The summed E-state index contributed by atoms with van der Waals surface area (Å²) < 4.78 is 0. The van der Waals surface area contributed by atoms with Crippen molar-refractivity contribution in [1.29, 1.82) is 0 Å². The molecule has 0 spiro atoms. The zero-order valence-corrected chi connectivity index (χ0v) is 9.41. The van der Waals surface area contributed by atoms with E-state index in [1.807, 2.05) is 30.6 Å². The molecule has 84 valence electrons. The van der Waals surface area contributed by atoms with Gasteiger partial charge >= 0.3 is 0 Å². The largest absolute Gasteiger partial charge is 0.237 e. The minimum absolute atomic E-state index is 0.772. The lowest BCUT2D eigenvalue weighted by Gasteiger charge is -1.98. The Hall–Kier alpha value is -2.62. The standard InChI is InChI=1S/C14H8N4/c1-2-11-12(8-18-14(11)15-4-1)10-6-9-3-5-16-13(9)17-7-10/h1-8H. The van der Waals surface area contributed by atoms with E-state index in [-0.39, 0.29) is 0 Å². The third-order valence-electron chi connectivity index (χ3n) is 3.05. The fourth-order valence-electron chi connectivity index (χ4n) is 2.18. The predicted octanol–water partition coefficient (Wildman–Crippen LogP) is 0.995. The van der Waals surface area contributed by atoms with Crippen molar-refractivity contribution in [1.82, 2.24) is 9.97 Å². The lowest BCUT2D eigenvalue weighted by Crippen LogP contribution is -2.17. The molecule has 0 N–H and O–H groups in total. The molecule has 0 radical (unpaired) electrons. The van der Waals surface area contributed by atoms with Crippen molar-refractivity contribution in [2.75, 3.05) is 0 Å². The Morgan fingerprint density at radius 3 is 3.11 bits per heavy atom. The van der Waals surface area contributed by atoms with Crippen LogP contribution in [0.2, 0.25) is 0 Å². The van der Waals surface area contributed by atoms with Crippen molar-refractivity contribution in [2.45, 2.75) is 0 Å². The monoisotopic (exact) mass is 232 g/mol. The number of fused-ring (bicyclic) bond motifs is 2. The number of aromatic nitrogens is 2. The Balaban J connectivity index is 2.04. The van der Waals surface area contributed by atoms with Gasteiger partial charge in [-0.3, -0.25) is 0 Å². The van der Waals surface area contributed by atoms with E-state index in [0.29, 0.717) is 0 Å². The molecule has 0 unspecified atom stereocenters. The van der Waals surface area contributed by atoms with E-state index < -0.39 is 0 Å². The van der Waals surface area contributed by atoms with Gasteiger partial charge in [-0.05, 0) is 24.3 Å². The number of hydrogen-bond donors (Lipinski definition) is 0. The molecule has 0 amide bonds.